The number of hydrogen-bond acceptors (Lipinski definition) is 4. The number of nitrogens with two attached hydrogens (primary N) is 1. The Balaban J connectivity index is 1.33. The van der Waals surface area contributed by atoms with Gasteiger partial charge in [0, 0.05) is 12.5 Å². The molecule has 0 aromatic heterocycles. The highest BCUT2D eigenvalue weighted by molar-refractivity contribution is 7.84. The first-order valence-electron chi connectivity index (χ1n) is 13.9. The Morgan fingerprint density at radius 3 is 2.57 bits per heavy atom. The minimum atomic E-state index is -4.01. The summed E-state index contributed by atoms with van der Waals surface area (Å²) in [5.74, 6) is 2.35. The summed E-state index contributed by atoms with van der Waals surface area (Å²) in [4.78, 5) is 13.2. The van der Waals surface area contributed by atoms with E-state index in [1.165, 1.54) is 49.7 Å². The van der Waals surface area contributed by atoms with Gasteiger partial charge in [0.2, 0.25) is 5.91 Å². The molecule has 0 aliphatic heterocycles. The molecule has 3 N–H and O–H groups in total. The molecule has 4 rings (SSSR count). The van der Waals surface area contributed by atoms with Crippen molar-refractivity contribution in [2.24, 2.45) is 28.3 Å². The molecule has 0 unspecified atom stereocenters. The number of carbonyl (C=O) groups excluding carboxylic acids is 1. The average molecular weight is 505 g/mol. The zero-order valence-electron chi connectivity index (χ0n) is 21.6. The van der Waals surface area contributed by atoms with E-state index in [9.17, 15) is 13.2 Å². The number of unbranched alkanes of at least 4 members (excludes halogenated alkanes) is 6. The molecule has 1 amide bonds. The number of fused-ring (bicyclic) bond motifs is 5. The minimum absolute atomic E-state index is 0.0829. The molecule has 5 atom stereocenters. The molecule has 6 nitrogen and oxygen atoms in total. The zero-order valence-corrected chi connectivity index (χ0v) is 22.4. The fourth-order valence-corrected chi connectivity index (χ4v) is 7.96. The van der Waals surface area contributed by atoms with Crippen LogP contribution in [0, 0.1) is 23.2 Å². The van der Waals surface area contributed by atoms with Crippen molar-refractivity contribution >= 4 is 16.2 Å². The first-order valence-corrected chi connectivity index (χ1v) is 15.3. The van der Waals surface area contributed by atoms with E-state index in [0.717, 1.165) is 51.5 Å². The normalized spacial score (nSPS) is 29.7. The van der Waals surface area contributed by atoms with Gasteiger partial charge in [-0.3, -0.25) is 4.79 Å². The summed E-state index contributed by atoms with van der Waals surface area (Å²) in [5.41, 5.74) is 2.59. The summed E-state index contributed by atoms with van der Waals surface area (Å²) in [5, 5.41) is 8.33. The van der Waals surface area contributed by atoms with Crippen LogP contribution >= 0.6 is 0 Å². The number of rotatable bonds is 11. The number of aryl methyl sites for hydroxylation is 1. The van der Waals surface area contributed by atoms with Crippen LogP contribution in [0.5, 0.6) is 5.75 Å². The molecule has 7 heteroatoms. The van der Waals surface area contributed by atoms with Gasteiger partial charge in [-0.25, -0.2) is 0 Å². The smallest absolute Gasteiger partial charge is 0.371 e. The summed E-state index contributed by atoms with van der Waals surface area (Å²) in [6.45, 7) is 5.43. The highest BCUT2D eigenvalue weighted by Gasteiger charge is 2.56. The highest BCUT2D eigenvalue weighted by Crippen LogP contribution is 2.63. The number of amides is 1. The molecule has 0 saturated heterocycles. The van der Waals surface area contributed by atoms with Crippen LogP contribution in [0.3, 0.4) is 0 Å². The third kappa shape index (κ3) is 6.04. The Morgan fingerprint density at radius 1 is 1.09 bits per heavy atom. The van der Waals surface area contributed by atoms with Crippen LogP contribution in [0.4, 0.5) is 0 Å². The SMILES string of the molecule is CCCCCCCCCNC(=O)[C@H]1CC[C@H]2[C@@H]3CCc4cc(OS(N)(=O)=O)ccc4[C@H]3CC[C@]12C. The number of carbonyl (C=O) groups is 1. The second-order valence-corrected chi connectivity index (χ2v) is 12.6. The fraction of sp³-hybridized carbons (Fsp3) is 0.750. The second-order valence-electron chi connectivity index (χ2n) is 11.4. The lowest BCUT2D eigenvalue weighted by molar-refractivity contribution is -0.130. The summed E-state index contributed by atoms with van der Waals surface area (Å²) >= 11 is 0. The lowest BCUT2D eigenvalue weighted by atomic mass is 9.54. The molecular formula is C28H44N2O4S. The predicted molar refractivity (Wildman–Crippen MR) is 139 cm³/mol. The van der Waals surface area contributed by atoms with Crippen molar-refractivity contribution in [3.63, 3.8) is 0 Å². The first-order chi connectivity index (χ1) is 16.7. The van der Waals surface area contributed by atoms with Crippen LogP contribution in [0.1, 0.15) is 108 Å². The van der Waals surface area contributed by atoms with Crippen LogP contribution in [0.2, 0.25) is 0 Å². The molecule has 0 spiro atoms. The lowest BCUT2D eigenvalue weighted by Crippen LogP contribution is -2.46. The fourth-order valence-electron chi connectivity index (χ4n) is 7.59. The van der Waals surface area contributed by atoms with E-state index in [1.807, 2.05) is 12.1 Å². The highest BCUT2D eigenvalue weighted by atomic mass is 32.2. The van der Waals surface area contributed by atoms with E-state index >= 15 is 0 Å². The van der Waals surface area contributed by atoms with Gasteiger partial charge < -0.3 is 9.50 Å². The van der Waals surface area contributed by atoms with E-state index < -0.39 is 10.3 Å². The summed E-state index contributed by atoms with van der Waals surface area (Å²) in [6, 6.07) is 5.61. The molecule has 35 heavy (non-hydrogen) atoms. The maximum absolute atomic E-state index is 13.2. The molecule has 0 bridgehead atoms. The molecule has 196 valence electrons. The monoisotopic (exact) mass is 504 g/mol. The van der Waals surface area contributed by atoms with Gasteiger partial charge in [0.15, 0.2) is 0 Å². The number of nitrogens with one attached hydrogen (secondary N) is 1. The van der Waals surface area contributed by atoms with Crippen LogP contribution in [0.25, 0.3) is 0 Å². The first kappa shape index (κ1) is 26.5. The van der Waals surface area contributed by atoms with E-state index in [4.69, 9.17) is 9.32 Å². The van der Waals surface area contributed by atoms with Crippen LogP contribution in [-0.2, 0) is 21.5 Å². The van der Waals surface area contributed by atoms with Crippen LogP contribution in [0.15, 0.2) is 18.2 Å². The molecule has 1 aromatic carbocycles. The van der Waals surface area contributed by atoms with Gasteiger partial charge in [-0.05, 0) is 91.4 Å². The third-order valence-corrected chi connectivity index (χ3v) is 9.73. The van der Waals surface area contributed by atoms with Crippen LogP contribution < -0.4 is 14.6 Å². The van der Waals surface area contributed by atoms with Crippen molar-refractivity contribution in [1.82, 2.24) is 5.32 Å². The second kappa shape index (κ2) is 11.2. The van der Waals surface area contributed by atoms with E-state index in [1.54, 1.807) is 6.07 Å². The quantitative estimate of drug-likeness (QED) is 0.383. The average Bonchev–Trinajstić information content (AvgIpc) is 3.16. The molecule has 3 aliphatic carbocycles. The van der Waals surface area contributed by atoms with Crippen molar-refractivity contribution < 1.29 is 17.4 Å². The van der Waals surface area contributed by atoms with Crippen molar-refractivity contribution in [2.45, 2.75) is 103 Å². The van der Waals surface area contributed by atoms with Gasteiger partial charge in [0.1, 0.15) is 5.75 Å². The van der Waals surface area contributed by atoms with Gasteiger partial charge in [-0.15, -0.1) is 0 Å². The topological polar surface area (TPSA) is 98.5 Å². The van der Waals surface area contributed by atoms with Crippen molar-refractivity contribution in [3.05, 3.63) is 29.3 Å². The van der Waals surface area contributed by atoms with Gasteiger partial charge in [0.05, 0.1) is 0 Å². The molecule has 0 radical (unpaired) electrons. The molecule has 2 saturated carbocycles. The van der Waals surface area contributed by atoms with Crippen molar-refractivity contribution in [3.8, 4) is 5.75 Å². The Labute approximate surface area is 212 Å². The van der Waals surface area contributed by atoms with Gasteiger partial charge in [-0.1, -0.05) is 58.4 Å². The summed E-state index contributed by atoms with van der Waals surface area (Å²) in [7, 11) is -4.01. The van der Waals surface area contributed by atoms with E-state index in [0.29, 0.717) is 23.5 Å². The van der Waals surface area contributed by atoms with E-state index in [-0.39, 0.29) is 17.2 Å². The van der Waals surface area contributed by atoms with E-state index in [2.05, 4.69) is 19.2 Å². The minimum Gasteiger partial charge on any atom is -0.371 e. The van der Waals surface area contributed by atoms with Gasteiger partial charge in [-0.2, -0.15) is 13.6 Å². The number of benzene rings is 1. The van der Waals surface area contributed by atoms with Gasteiger partial charge in [0.25, 0.3) is 0 Å². The number of hydrogen-bond donors (Lipinski definition) is 2. The van der Waals surface area contributed by atoms with Gasteiger partial charge >= 0.3 is 10.3 Å². The van der Waals surface area contributed by atoms with Crippen molar-refractivity contribution in [1.29, 1.82) is 0 Å². The Morgan fingerprint density at radius 2 is 1.83 bits per heavy atom. The Bertz CT molecular complexity index is 995. The molecule has 3 aliphatic rings. The zero-order chi connectivity index (χ0) is 25.1. The lowest BCUT2D eigenvalue weighted by Gasteiger charge is -2.50. The largest absolute Gasteiger partial charge is 0.380 e. The standard InChI is InChI=1S/C28H44N2O4S/c1-3-4-5-6-7-8-9-18-30-27(31)26-15-14-25-24-12-10-20-19-21(34-35(29,32)33)11-13-22(20)23(24)16-17-28(25,26)2/h11,13,19,23-26H,3-10,12,14-18H2,1-2H3,(H,30,31)(H2,29,32,33)/t23-,24-,25+,26-,28+/m1/s1. The van der Waals surface area contributed by atoms with Crippen LogP contribution in [-0.4, -0.2) is 20.9 Å². The Hall–Kier alpha value is -1.60. The van der Waals surface area contributed by atoms with Crippen molar-refractivity contribution in [2.75, 3.05) is 6.54 Å². The third-order valence-electron chi connectivity index (χ3n) is 9.31. The summed E-state index contributed by atoms with van der Waals surface area (Å²) < 4.78 is 27.5. The molecule has 2 fully saturated rings. The molecule has 1 aromatic rings. The predicted octanol–water partition coefficient (Wildman–Crippen LogP) is 5.61. The molecular weight excluding hydrogens is 460 g/mol. The summed E-state index contributed by atoms with van der Waals surface area (Å²) in [6.07, 6.45) is 15.1. The Kier molecular flexibility index (Phi) is 8.47. The maximum atomic E-state index is 13.2. The maximum Gasteiger partial charge on any atom is 0.380 e. The molecule has 0 heterocycles.